The van der Waals surface area contributed by atoms with Crippen LogP contribution in [0.4, 0.5) is 5.69 Å². The topological polar surface area (TPSA) is 71.5 Å². The van der Waals surface area contributed by atoms with Gasteiger partial charge in [0.2, 0.25) is 0 Å². The van der Waals surface area contributed by atoms with E-state index in [1.807, 2.05) is 24.3 Å². The maximum Gasteiger partial charge on any atom is 0.354 e. The molecule has 1 aromatic carbocycles. The first kappa shape index (κ1) is 13.9. The number of ether oxygens (including phenoxy) is 1. The third-order valence-corrected chi connectivity index (χ3v) is 2.90. The van der Waals surface area contributed by atoms with E-state index in [-0.39, 0.29) is 5.69 Å². The van der Waals surface area contributed by atoms with E-state index in [0.717, 1.165) is 23.4 Å². The van der Waals surface area contributed by atoms with Gasteiger partial charge in [0.1, 0.15) is 11.4 Å². The van der Waals surface area contributed by atoms with Crippen LogP contribution in [-0.2, 0) is 6.42 Å². The van der Waals surface area contributed by atoms with Crippen LogP contribution in [0.2, 0.25) is 0 Å². The van der Waals surface area contributed by atoms with E-state index in [2.05, 4.69) is 10.3 Å². The van der Waals surface area contributed by atoms with E-state index in [9.17, 15) is 4.79 Å². The number of carboxylic acids is 1. The number of hydrogen-bond donors (Lipinski definition) is 2. The summed E-state index contributed by atoms with van der Waals surface area (Å²) in [7, 11) is 1.65. The molecule has 0 radical (unpaired) electrons. The molecule has 1 heterocycles. The molecule has 0 aliphatic heterocycles. The molecular formula is C15H16N2O3. The standard InChI is InChI=1S/C15H16N2O3/c1-20-14-5-3-2-4-11(14)6-8-16-12-7-9-17-13(10-12)15(18)19/h2-5,7,9-10H,6,8H2,1H3,(H,16,17)(H,18,19). The van der Waals surface area contributed by atoms with Crippen molar-refractivity contribution in [3.63, 3.8) is 0 Å². The molecule has 5 nitrogen and oxygen atoms in total. The molecule has 2 aromatic rings. The van der Waals surface area contributed by atoms with E-state index < -0.39 is 5.97 Å². The molecule has 104 valence electrons. The van der Waals surface area contributed by atoms with Crippen molar-refractivity contribution in [2.24, 2.45) is 0 Å². The average molecular weight is 272 g/mol. The van der Waals surface area contributed by atoms with Gasteiger partial charge in [-0.15, -0.1) is 0 Å². The lowest BCUT2D eigenvalue weighted by molar-refractivity contribution is 0.0690. The average Bonchev–Trinajstić information content (AvgIpc) is 2.48. The van der Waals surface area contributed by atoms with Crippen molar-refractivity contribution in [3.05, 3.63) is 53.9 Å². The van der Waals surface area contributed by atoms with Crippen LogP contribution in [0, 0.1) is 0 Å². The van der Waals surface area contributed by atoms with Gasteiger partial charge in [-0.25, -0.2) is 9.78 Å². The molecule has 0 saturated carbocycles. The minimum absolute atomic E-state index is 0.0345. The predicted molar refractivity (Wildman–Crippen MR) is 76.4 cm³/mol. The summed E-state index contributed by atoms with van der Waals surface area (Å²) in [5.41, 5.74) is 1.88. The second-order valence-corrected chi connectivity index (χ2v) is 4.22. The van der Waals surface area contributed by atoms with Crippen LogP contribution in [0.5, 0.6) is 5.75 Å². The summed E-state index contributed by atoms with van der Waals surface area (Å²) in [5, 5.41) is 12.1. The fourth-order valence-electron chi connectivity index (χ4n) is 1.91. The molecule has 0 amide bonds. The fourth-order valence-corrected chi connectivity index (χ4v) is 1.91. The number of nitrogens with one attached hydrogen (secondary N) is 1. The van der Waals surface area contributed by atoms with Crippen LogP contribution in [0.3, 0.4) is 0 Å². The third kappa shape index (κ3) is 3.47. The van der Waals surface area contributed by atoms with Gasteiger partial charge in [0.25, 0.3) is 0 Å². The van der Waals surface area contributed by atoms with Crippen molar-refractivity contribution in [3.8, 4) is 5.75 Å². The van der Waals surface area contributed by atoms with E-state index in [0.29, 0.717) is 6.54 Å². The molecule has 0 bridgehead atoms. The third-order valence-electron chi connectivity index (χ3n) is 2.90. The maximum atomic E-state index is 10.8. The molecule has 2 rings (SSSR count). The molecular weight excluding hydrogens is 256 g/mol. The summed E-state index contributed by atoms with van der Waals surface area (Å²) in [6.07, 6.45) is 2.27. The van der Waals surface area contributed by atoms with Gasteiger partial charge in [-0.1, -0.05) is 18.2 Å². The summed E-state index contributed by atoms with van der Waals surface area (Å²) in [6.45, 7) is 0.684. The molecule has 0 fully saturated rings. The van der Waals surface area contributed by atoms with Gasteiger partial charge in [0.15, 0.2) is 0 Å². The van der Waals surface area contributed by atoms with Crippen molar-refractivity contribution in [2.75, 3.05) is 19.0 Å². The number of methoxy groups -OCH3 is 1. The Morgan fingerprint density at radius 1 is 1.35 bits per heavy atom. The SMILES string of the molecule is COc1ccccc1CCNc1ccnc(C(=O)O)c1. The first-order chi connectivity index (χ1) is 9.70. The highest BCUT2D eigenvalue weighted by Crippen LogP contribution is 2.18. The molecule has 0 aliphatic rings. The summed E-state index contributed by atoms with van der Waals surface area (Å²) in [4.78, 5) is 14.6. The number of hydrogen-bond acceptors (Lipinski definition) is 4. The van der Waals surface area contributed by atoms with Gasteiger partial charge in [-0.2, -0.15) is 0 Å². The summed E-state index contributed by atoms with van der Waals surface area (Å²) >= 11 is 0. The Hall–Kier alpha value is -2.56. The normalized spacial score (nSPS) is 10.1. The zero-order valence-corrected chi connectivity index (χ0v) is 11.2. The Kier molecular flexibility index (Phi) is 4.55. The summed E-state index contributed by atoms with van der Waals surface area (Å²) < 4.78 is 5.28. The number of nitrogens with zero attached hydrogens (tertiary/aromatic N) is 1. The highest BCUT2D eigenvalue weighted by molar-refractivity contribution is 5.86. The molecule has 0 atom stereocenters. The smallest absolute Gasteiger partial charge is 0.354 e. The van der Waals surface area contributed by atoms with Gasteiger partial charge >= 0.3 is 5.97 Å². The molecule has 0 unspecified atom stereocenters. The van der Waals surface area contributed by atoms with Crippen molar-refractivity contribution in [1.29, 1.82) is 0 Å². The molecule has 0 spiro atoms. The number of rotatable bonds is 6. The number of aromatic carboxylic acids is 1. The lowest BCUT2D eigenvalue weighted by Gasteiger charge is -2.10. The van der Waals surface area contributed by atoms with Gasteiger partial charge < -0.3 is 15.2 Å². The number of carboxylic acid groups (broad SMARTS) is 1. The number of anilines is 1. The zero-order chi connectivity index (χ0) is 14.4. The first-order valence-electron chi connectivity index (χ1n) is 6.26. The molecule has 5 heteroatoms. The number of carbonyl (C=O) groups is 1. The molecule has 0 saturated heterocycles. The molecule has 1 aromatic heterocycles. The van der Waals surface area contributed by atoms with E-state index in [4.69, 9.17) is 9.84 Å². The van der Waals surface area contributed by atoms with Crippen LogP contribution < -0.4 is 10.1 Å². The fraction of sp³-hybridized carbons (Fsp3) is 0.200. The molecule has 20 heavy (non-hydrogen) atoms. The van der Waals surface area contributed by atoms with Gasteiger partial charge in [-0.3, -0.25) is 0 Å². The number of aromatic nitrogens is 1. The Morgan fingerprint density at radius 3 is 2.90 bits per heavy atom. The Bertz CT molecular complexity index is 599. The van der Waals surface area contributed by atoms with Crippen LogP contribution in [0.1, 0.15) is 16.1 Å². The van der Waals surface area contributed by atoms with Crippen LogP contribution in [-0.4, -0.2) is 29.7 Å². The van der Waals surface area contributed by atoms with Crippen LogP contribution >= 0.6 is 0 Å². The summed E-state index contributed by atoms with van der Waals surface area (Å²) in [5.74, 6) is -0.173. The monoisotopic (exact) mass is 272 g/mol. The number of pyridine rings is 1. The van der Waals surface area contributed by atoms with Crippen molar-refractivity contribution < 1.29 is 14.6 Å². The van der Waals surface area contributed by atoms with Crippen molar-refractivity contribution >= 4 is 11.7 Å². The second kappa shape index (κ2) is 6.56. The molecule has 0 aliphatic carbocycles. The van der Waals surface area contributed by atoms with Gasteiger partial charge in [0, 0.05) is 18.4 Å². The van der Waals surface area contributed by atoms with Crippen LogP contribution in [0.15, 0.2) is 42.6 Å². The van der Waals surface area contributed by atoms with E-state index in [1.54, 1.807) is 13.2 Å². The highest BCUT2D eigenvalue weighted by Gasteiger charge is 2.05. The van der Waals surface area contributed by atoms with Crippen molar-refractivity contribution in [2.45, 2.75) is 6.42 Å². The Labute approximate surface area is 117 Å². The minimum atomic E-state index is -1.03. The predicted octanol–water partition coefficient (Wildman–Crippen LogP) is 2.44. The van der Waals surface area contributed by atoms with Gasteiger partial charge in [-0.05, 0) is 30.2 Å². The second-order valence-electron chi connectivity index (χ2n) is 4.22. The van der Waals surface area contributed by atoms with E-state index in [1.165, 1.54) is 12.3 Å². The Balaban J connectivity index is 1.96. The summed E-state index contributed by atoms with van der Waals surface area (Å²) in [6, 6.07) is 11.1. The lowest BCUT2D eigenvalue weighted by atomic mass is 10.1. The minimum Gasteiger partial charge on any atom is -0.496 e. The Morgan fingerprint density at radius 2 is 2.15 bits per heavy atom. The maximum absolute atomic E-state index is 10.8. The lowest BCUT2D eigenvalue weighted by Crippen LogP contribution is -2.07. The van der Waals surface area contributed by atoms with Crippen molar-refractivity contribution in [1.82, 2.24) is 4.98 Å². The first-order valence-corrected chi connectivity index (χ1v) is 6.26. The van der Waals surface area contributed by atoms with E-state index >= 15 is 0 Å². The highest BCUT2D eigenvalue weighted by atomic mass is 16.5. The van der Waals surface area contributed by atoms with Crippen LogP contribution in [0.25, 0.3) is 0 Å². The largest absolute Gasteiger partial charge is 0.496 e. The number of para-hydroxylation sites is 1. The zero-order valence-electron chi connectivity index (χ0n) is 11.2. The number of benzene rings is 1. The molecule has 2 N–H and O–H groups in total. The quantitative estimate of drug-likeness (QED) is 0.845. The van der Waals surface area contributed by atoms with Gasteiger partial charge in [0.05, 0.1) is 7.11 Å².